The number of amides is 3. The van der Waals surface area contributed by atoms with Crippen molar-refractivity contribution in [3.8, 4) is 0 Å². The van der Waals surface area contributed by atoms with Crippen molar-refractivity contribution in [3.05, 3.63) is 0 Å². The molecule has 12 nitrogen and oxygen atoms in total. The fraction of sp³-hybridized carbons (Fsp3) is 0.865. The molecule has 3 amide bonds. The molecule has 0 aliphatic carbocycles. The smallest absolute Gasteiger partial charge is 0.226 e. The second-order valence-electron chi connectivity index (χ2n) is 14.9. The molecule has 0 aromatic rings. The maximum absolute atomic E-state index is 14.2. The minimum absolute atomic E-state index is 0.000696. The third-order valence-electron chi connectivity index (χ3n) is 10.5. The average Bonchev–Trinajstić information content (AvgIpc) is 3.52. The van der Waals surface area contributed by atoms with Crippen LogP contribution in [0, 0.1) is 29.6 Å². The van der Waals surface area contributed by atoms with Crippen LogP contribution in [0.5, 0.6) is 0 Å². The number of methoxy groups -OCH3 is 2. The molecular formula is C37H68N4O8. The Hall–Kier alpha value is -2.41. The standard InChI is InChI=1S/C37H68N4O8/c1-14-24(6)34(40(11)37(47)27(22(2)3)20-30(44)33(23(4)5)39(9)10)31(48-12)21-32(45)41-18-15-16-28(41)35(49-13)25(7)36(46)38-26(8)29(43)17-19-42/h22-28,31,33-35,42H,14-21H2,1-13H3,(H,38,46)/t24-,25+,26-,27-,28-,31+,33-,34-,35+/m0/s1. The van der Waals surface area contributed by atoms with E-state index in [2.05, 4.69) is 5.32 Å². The summed E-state index contributed by atoms with van der Waals surface area (Å²) in [5, 5.41) is 11.8. The van der Waals surface area contributed by atoms with Gasteiger partial charge >= 0.3 is 0 Å². The molecule has 49 heavy (non-hydrogen) atoms. The fourth-order valence-corrected chi connectivity index (χ4v) is 7.52. The number of carbonyl (C=O) groups is 5. The number of Topliss-reactive ketones (excluding diaryl/α,β-unsaturated/α-hetero) is 2. The summed E-state index contributed by atoms with van der Waals surface area (Å²) in [6.45, 7) is 15.6. The molecule has 12 heteroatoms. The van der Waals surface area contributed by atoms with E-state index in [0.717, 1.165) is 12.8 Å². The average molecular weight is 697 g/mol. The Morgan fingerprint density at radius 1 is 0.898 bits per heavy atom. The Kier molecular flexibility index (Phi) is 19.2. The summed E-state index contributed by atoms with van der Waals surface area (Å²) in [5.74, 6) is -1.99. The number of ketones is 2. The highest BCUT2D eigenvalue weighted by Gasteiger charge is 2.43. The largest absolute Gasteiger partial charge is 0.396 e. The van der Waals surface area contributed by atoms with Gasteiger partial charge in [0, 0.05) is 46.6 Å². The zero-order valence-corrected chi connectivity index (χ0v) is 32.7. The normalized spacial score (nSPS) is 20.0. The number of hydrogen-bond acceptors (Lipinski definition) is 9. The quantitative estimate of drug-likeness (QED) is 0.174. The van der Waals surface area contributed by atoms with Crippen LogP contribution in [0.15, 0.2) is 0 Å². The van der Waals surface area contributed by atoms with Crippen molar-refractivity contribution in [1.82, 2.24) is 20.0 Å². The predicted molar refractivity (Wildman–Crippen MR) is 191 cm³/mol. The van der Waals surface area contributed by atoms with E-state index in [4.69, 9.17) is 14.6 Å². The summed E-state index contributed by atoms with van der Waals surface area (Å²) in [7, 11) is 8.61. The van der Waals surface area contributed by atoms with E-state index in [1.54, 1.807) is 37.8 Å². The van der Waals surface area contributed by atoms with Gasteiger partial charge in [-0.05, 0) is 51.6 Å². The maximum atomic E-state index is 14.2. The van der Waals surface area contributed by atoms with Crippen LogP contribution < -0.4 is 5.32 Å². The number of likely N-dealkylation sites (N-methyl/N-ethyl adjacent to an activating group) is 2. The van der Waals surface area contributed by atoms with E-state index in [1.807, 2.05) is 60.5 Å². The minimum Gasteiger partial charge on any atom is -0.396 e. The third-order valence-corrected chi connectivity index (χ3v) is 10.5. The Morgan fingerprint density at radius 3 is 1.98 bits per heavy atom. The van der Waals surface area contributed by atoms with Gasteiger partial charge in [-0.25, -0.2) is 0 Å². The van der Waals surface area contributed by atoms with E-state index >= 15 is 0 Å². The van der Waals surface area contributed by atoms with E-state index in [0.29, 0.717) is 13.0 Å². The number of carbonyl (C=O) groups excluding carboxylic acids is 5. The summed E-state index contributed by atoms with van der Waals surface area (Å²) in [6, 6.07) is -1.81. The third kappa shape index (κ3) is 12.1. The summed E-state index contributed by atoms with van der Waals surface area (Å²) in [4.78, 5) is 72.4. The van der Waals surface area contributed by atoms with Crippen LogP contribution in [0.3, 0.4) is 0 Å². The molecule has 0 aromatic carbocycles. The van der Waals surface area contributed by atoms with Gasteiger partial charge in [-0.3, -0.25) is 28.9 Å². The molecule has 284 valence electrons. The Bertz CT molecular complexity index is 1070. The van der Waals surface area contributed by atoms with Crippen LogP contribution in [0.25, 0.3) is 0 Å². The van der Waals surface area contributed by atoms with Crippen molar-refractivity contribution in [3.63, 3.8) is 0 Å². The second kappa shape index (κ2) is 21.1. The van der Waals surface area contributed by atoms with Crippen molar-refractivity contribution in [1.29, 1.82) is 0 Å². The fourth-order valence-electron chi connectivity index (χ4n) is 7.52. The lowest BCUT2D eigenvalue weighted by Gasteiger charge is -2.41. The molecule has 0 saturated carbocycles. The first-order valence-corrected chi connectivity index (χ1v) is 18.1. The van der Waals surface area contributed by atoms with Gasteiger partial charge in [-0.2, -0.15) is 0 Å². The van der Waals surface area contributed by atoms with Crippen LogP contribution in [0.1, 0.15) is 93.9 Å². The number of aliphatic hydroxyl groups is 1. The van der Waals surface area contributed by atoms with Gasteiger partial charge in [0.15, 0.2) is 11.6 Å². The van der Waals surface area contributed by atoms with Crippen LogP contribution >= 0.6 is 0 Å². The highest BCUT2D eigenvalue weighted by Crippen LogP contribution is 2.31. The molecule has 0 radical (unpaired) electrons. The molecule has 0 bridgehead atoms. The van der Waals surface area contributed by atoms with Gasteiger partial charge < -0.3 is 29.7 Å². The molecule has 0 unspecified atom stereocenters. The Labute approximate surface area is 296 Å². The van der Waals surface area contributed by atoms with E-state index in [-0.39, 0.29) is 85.0 Å². The van der Waals surface area contributed by atoms with Gasteiger partial charge in [0.2, 0.25) is 17.7 Å². The van der Waals surface area contributed by atoms with Crippen LogP contribution in [0.2, 0.25) is 0 Å². The van der Waals surface area contributed by atoms with Crippen LogP contribution in [-0.4, -0.2) is 134 Å². The van der Waals surface area contributed by atoms with E-state index in [9.17, 15) is 24.0 Å². The lowest BCUT2D eigenvalue weighted by molar-refractivity contribution is -0.149. The first kappa shape index (κ1) is 44.6. The lowest BCUT2D eigenvalue weighted by Crippen LogP contribution is -2.54. The van der Waals surface area contributed by atoms with Crippen molar-refractivity contribution in [2.75, 3.05) is 48.5 Å². The van der Waals surface area contributed by atoms with E-state index < -0.39 is 36.1 Å². The topological polar surface area (TPSA) is 146 Å². The summed E-state index contributed by atoms with van der Waals surface area (Å²) >= 11 is 0. The Morgan fingerprint density at radius 2 is 1.51 bits per heavy atom. The number of rotatable bonds is 22. The van der Waals surface area contributed by atoms with Crippen molar-refractivity contribution in [2.24, 2.45) is 29.6 Å². The van der Waals surface area contributed by atoms with Gasteiger partial charge in [0.05, 0.1) is 55.3 Å². The molecule has 0 spiro atoms. The zero-order chi connectivity index (χ0) is 37.7. The van der Waals surface area contributed by atoms with Crippen molar-refractivity contribution in [2.45, 2.75) is 130 Å². The van der Waals surface area contributed by atoms with E-state index in [1.165, 1.54) is 7.11 Å². The molecule has 2 N–H and O–H groups in total. The number of ether oxygens (including phenoxy) is 2. The molecule has 1 heterocycles. The number of nitrogens with zero attached hydrogens (tertiary/aromatic N) is 3. The first-order chi connectivity index (χ1) is 22.9. The molecular weight excluding hydrogens is 628 g/mol. The molecule has 1 saturated heterocycles. The second-order valence-corrected chi connectivity index (χ2v) is 14.9. The van der Waals surface area contributed by atoms with Crippen LogP contribution in [-0.2, 0) is 33.4 Å². The first-order valence-electron chi connectivity index (χ1n) is 18.1. The lowest BCUT2D eigenvalue weighted by atomic mass is 9.83. The number of hydrogen-bond donors (Lipinski definition) is 2. The molecule has 1 aliphatic rings. The number of nitrogens with one attached hydrogen (secondary N) is 1. The molecule has 1 aliphatic heterocycles. The summed E-state index contributed by atoms with van der Waals surface area (Å²) in [5.41, 5.74) is 0. The van der Waals surface area contributed by atoms with Crippen molar-refractivity contribution < 1.29 is 38.6 Å². The number of aliphatic hydroxyl groups excluding tert-OH is 1. The van der Waals surface area contributed by atoms with Gasteiger partial charge in [0.25, 0.3) is 0 Å². The van der Waals surface area contributed by atoms with Gasteiger partial charge in [0.1, 0.15) is 0 Å². The zero-order valence-electron chi connectivity index (χ0n) is 32.7. The summed E-state index contributed by atoms with van der Waals surface area (Å²) < 4.78 is 11.8. The van der Waals surface area contributed by atoms with Crippen molar-refractivity contribution >= 4 is 29.3 Å². The monoisotopic (exact) mass is 697 g/mol. The predicted octanol–water partition coefficient (Wildman–Crippen LogP) is 3.18. The van der Waals surface area contributed by atoms with Gasteiger partial charge in [-0.1, -0.05) is 54.9 Å². The SMILES string of the molecule is CC[C@H](C)[C@@H]([C@@H](CC(=O)N1CCC[C@H]1[C@H](OC)[C@@H](C)C(=O)N[C@@H](C)C(=O)CCO)OC)N(C)C(=O)[C@@H](CC(=O)[C@H](C(C)C)N(C)C)C(C)C. The minimum atomic E-state index is -0.751. The van der Waals surface area contributed by atoms with Crippen LogP contribution in [0.4, 0.5) is 0 Å². The summed E-state index contributed by atoms with van der Waals surface area (Å²) in [6.07, 6.45) is 1.06. The molecule has 9 atom stereocenters. The Balaban J connectivity index is 3.25. The maximum Gasteiger partial charge on any atom is 0.226 e. The number of likely N-dealkylation sites (tertiary alicyclic amines) is 1. The highest BCUT2D eigenvalue weighted by atomic mass is 16.5. The molecule has 0 aromatic heterocycles. The molecule has 1 rings (SSSR count). The highest BCUT2D eigenvalue weighted by molar-refractivity contribution is 5.90. The van der Waals surface area contributed by atoms with Gasteiger partial charge in [-0.15, -0.1) is 0 Å². The molecule has 1 fully saturated rings.